The molecule has 0 aromatic carbocycles. The van der Waals surface area contributed by atoms with Crippen LogP contribution in [0.25, 0.3) is 0 Å². The zero-order valence-corrected chi connectivity index (χ0v) is 9.93. The van der Waals surface area contributed by atoms with Gasteiger partial charge in [-0.2, -0.15) is 0 Å². The number of nitrogens with zero attached hydrogens (tertiary/aromatic N) is 2. The largest absolute Gasteiger partial charge is 0.462 e. The van der Waals surface area contributed by atoms with Gasteiger partial charge in [-0.1, -0.05) is 0 Å². The predicted molar refractivity (Wildman–Crippen MR) is 59.2 cm³/mol. The van der Waals surface area contributed by atoms with Gasteiger partial charge >= 0.3 is 11.7 Å². The zero-order chi connectivity index (χ0) is 13.0. The minimum Gasteiger partial charge on any atom is -0.462 e. The number of carbonyl (C=O) groups excluding carboxylic acids is 1. The first-order valence-electron chi connectivity index (χ1n) is 5.11. The molecule has 0 bridgehead atoms. The van der Waals surface area contributed by atoms with Crippen LogP contribution in [0.3, 0.4) is 0 Å². The first-order valence-corrected chi connectivity index (χ1v) is 5.11. The number of dihydropyridines is 1. The van der Waals surface area contributed by atoms with Crippen LogP contribution in [0, 0.1) is 10.1 Å². The lowest BCUT2D eigenvalue weighted by atomic mass is 10.0. The minimum absolute atomic E-state index is 0.0104. The molecule has 94 valence electrons. The van der Waals surface area contributed by atoms with Crippen molar-refractivity contribution in [3.63, 3.8) is 0 Å². The highest BCUT2D eigenvalue weighted by molar-refractivity contribution is 5.98. The Hall–Kier alpha value is -1.76. The van der Waals surface area contributed by atoms with Crippen LogP contribution in [0.4, 0.5) is 0 Å². The predicted octanol–water partition coefficient (Wildman–Crippen LogP) is 0.917. The van der Waals surface area contributed by atoms with Gasteiger partial charge in [0, 0.05) is 19.2 Å². The Balaban J connectivity index is 3.16. The minimum atomic E-state index is -1.04. The van der Waals surface area contributed by atoms with Gasteiger partial charge in [0.2, 0.25) is 6.23 Å². The normalized spacial score (nSPS) is 19.9. The molecule has 1 heterocycles. The van der Waals surface area contributed by atoms with Crippen LogP contribution in [0.1, 0.15) is 20.3 Å². The van der Waals surface area contributed by atoms with Gasteiger partial charge in [0.05, 0.1) is 11.5 Å². The monoisotopic (exact) mass is 242 g/mol. The van der Waals surface area contributed by atoms with Crippen LogP contribution in [0.5, 0.6) is 0 Å². The number of hydrogen-bond acceptors (Lipinski definition) is 6. The number of nitro groups is 1. The molecule has 1 unspecified atom stereocenters. The number of ether oxygens (including phenoxy) is 2. The lowest BCUT2D eigenvalue weighted by Crippen LogP contribution is -2.29. The maximum Gasteiger partial charge on any atom is 0.341 e. The molecular formula is C10H14N2O5. The van der Waals surface area contributed by atoms with Crippen molar-refractivity contribution in [2.45, 2.75) is 26.5 Å². The van der Waals surface area contributed by atoms with Crippen molar-refractivity contribution in [2.75, 3.05) is 13.7 Å². The molecule has 17 heavy (non-hydrogen) atoms. The molecular weight excluding hydrogens is 228 g/mol. The first-order chi connectivity index (χ1) is 8.01. The van der Waals surface area contributed by atoms with Crippen molar-refractivity contribution in [1.29, 1.82) is 0 Å². The molecule has 0 fully saturated rings. The van der Waals surface area contributed by atoms with Crippen LogP contribution < -0.4 is 0 Å². The molecule has 1 aliphatic rings. The molecule has 1 aliphatic heterocycles. The van der Waals surface area contributed by atoms with Gasteiger partial charge in [-0.25, -0.2) is 4.79 Å². The van der Waals surface area contributed by atoms with E-state index in [2.05, 4.69) is 4.99 Å². The molecule has 1 atom stereocenters. The second-order valence-electron chi connectivity index (χ2n) is 3.47. The van der Waals surface area contributed by atoms with Crippen molar-refractivity contribution >= 4 is 11.7 Å². The van der Waals surface area contributed by atoms with Crippen LogP contribution >= 0.6 is 0 Å². The second kappa shape index (κ2) is 5.53. The molecule has 0 radical (unpaired) electrons. The van der Waals surface area contributed by atoms with Gasteiger partial charge in [0.1, 0.15) is 5.57 Å². The van der Waals surface area contributed by atoms with E-state index in [9.17, 15) is 14.9 Å². The van der Waals surface area contributed by atoms with Crippen LogP contribution in [-0.4, -0.2) is 36.5 Å². The number of aliphatic imine (C=N–C) groups is 1. The highest BCUT2D eigenvalue weighted by atomic mass is 16.6. The summed E-state index contributed by atoms with van der Waals surface area (Å²) in [5.41, 5.74) is 0.276. The number of methoxy groups -OCH3 is 1. The summed E-state index contributed by atoms with van der Waals surface area (Å²) < 4.78 is 9.69. The van der Waals surface area contributed by atoms with E-state index >= 15 is 0 Å². The van der Waals surface area contributed by atoms with Crippen LogP contribution in [0.2, 0.25) is 0 Å². The zero-order valence-electron chi connectivity index (χ0n) is 9.93. The van der Waals surface area contributed by atoms with Gasteiger partial charge in [-0.05, 0) is 13.8 Å². The molecule has 0 amide bonds. The van der Waals surface area contributed by atoms with E-state index in [0.717, 1.165) is 0 Å². The average molecular weight is 242 g/mol. The Morgan fingerprint density at radius 1 is 1.65 bits per heavy atom. The van der Waals surface area contributed by atoms with Crippen molar-refractivity contribution in [3.05, 3.63) is 21.4 Å². The molecule has 0 saturated heterocycles. The topological polar surface area (TPSA) is 91.0 Å². The van der Waals surface area contributed by atoms with Gasteiger partial charge in [0.25, 0.3) is 0 Å². The Kier molecular flexibility index (Phi) is 4.33. The fourth-order valence-corrected chi connectivity index (χ4v) is 1.56. The summed E-state index contributed by atoms with van der Waals surface area (Å²) in [5.74, 6) is -0.685. The second-order valence-corrected chi connectivity index (χ2v) is 3.47. The van der Waals surface area contributed by atoms with E-state index in [0.29, 0.717) is 5.71 Å². The Morgan fingerprint density at radius 3 is 2.76 bits per heavy atom. The van der Waals surface area contributed by atoms with Crippen molar-refractivity contribution in [2.24, 2.45) is 4.99 Å². The van der Waals surface area contributed by atoms with E-state index in [1.807, 2.05) is 0 Å². The Bertz CT molecular complexity index is 400. The molecule has 0 aromatic rings. The summed E-state index contributed by atoms with van der Waals surface area (Å²) in [6.07, 6.45) is -0.923. The highest BCUT2D eigenvalue weighted by Crippen LogP contribution is 2.24. The van der Waals surface area contributed by atoms with E-state index in [1.165, 1.54) is 7.11 Å². The molecule has 0 aromatic heterocycles. The smallest absolute Gasteiger partial charge is 0.341 e. The lowest BCUT2D eigenvalue weighted by Gasteiger charge is -2.18. The van der Waals surface area contributed by atoms with Gasteiger partial charge in [-0.15, -0.1) is 0 Å². The lowest BCUT2D eigenvalue weighted by molar-refractivity contribution is -0.437. The summed E-state index contributed by atoms with van der Waals surface area (Å²) in [4.78, 5) is 25.9. The summed E-state index contributed by atoms with van der Waals surface area (Å²) in [7, 11) is 1.30. The van der Waals surface area contributed by atoms with Gasteiger partial charge in [0.15, 0.2) is 0 Å². The first kappa shape index (κ1) is 13.3. The molecule has 7 nitrogen and oxygen atoms in total. The van der Waals surface area contributed by atoms with E-state index < -0.39 is 17.1 Å². The number of rotatable bonds is 4. The summed E-state index contributed by atoms with van der Waals surface area (Å²) in [5, 5.41) is 10.9. The van der Waals surface area contributed by atoms with Gasteiger partial charge < -0.3 is 9.47 Å². The van der Waals surface area contributed by atoms with E-state index in [4.69, 9.17) is 9.47 Å². The maximum atomic E-state index is 11.6. The average Bonchev–Trinajstić information content (AvgIpc) is 2.27. The van der Waals surface area contributed by atoms with E-state index in [-0.39, 0.29) is 24.3 Å². The summed E-state index contributed by atoms with van der Waals surface area (Å²) >= 11 is 0. The molecule has 7 heteroatoms. The highest BCUT2D eigenvalue weighted by Gasteiger charge is 2.36. The number of hydrogen-bond donors (Lipinski definition) is 0. The van der Waals surface area contributed by atoms with Crippen molar-refractivity contribution < 1.29 is 19.2 Å². The molecule has 0 spiro atoms. The van der Waals surface area contributed by atoms with Crippen molar-refractivity contribution in [1.82, 2.24) is 0 Å². The van der Waals surface area contributed by atoms with E-state index in [1.54, 1.807) is 13.8 Å². The third-order valence-electron chi connectivity index (χ3n) is 2.26. The fourth-order valence-electron chi connectivity index (χ4n) is 1.56. The summed E-state index contributed by atoms with van der Waals surface area (Å²) in [6, 6.07) is 0. The molecule has 0 saturated carbocycles. The Morgan fingerprint density at radius 2 is 2.29 bits per heavy atom. The maximum absolute atomic E-state index is 11.6. The van der Waals surface area contributed by atoms with Crippen molar-refractivity contribution in [3.8, 4) is 0 Å². The molecule has 1 rings (SSSR count). The third-order valence-corrected chi connectivity index (χ3v) is 2.26. The quantitative estimate of drug-likeness (QED) is 0.415. The summed E-state index contributed by atoms with van der Waals surface area (Å²) in [6.45, 7) is 3.49. The standard InChI is InChI=1S/C10H14N2O5/c1-4-17-10(13)7-5-6(2)11-9(16-3)8(7)12(14)15/h9H,4-5H2,1-3H3. The third kappa shape index (κ3) is 2.88. The SMILES string of the molecule is CCOC(=O)C1=C([N+](=O)[O-])C(OC)N=C(C)C1. The van der Waals surface area contributed by atoms with Crippen LogP contribution in [0.15, 0.2) is 16.3 Å². The Labute approximate surface area is 98.3 Å². The molecule has 0 N–H and O–H groups in total. The fraction of sp³-hybridized carbons (Fsp3) is 0.600. The number of esters is 1. The van der Waals surface area contributed by atoms with Gasteiger partial charge in [-0.3, -0.25) is 15.1 Å². The number of carbonyl (C=O) groups is 1. The van der Waals surface area contributed by atoms with Crippen LogP contribution in [-0.2, 0) is 14.3 Å². The molecule has 0 aliphatic carbocycles.